The summed E-state index contributed by atoms with van der Waals surface area (Å²) < 4.78 is 5.92. The number of fused-ring (bicyclic) bond motifs is 1. The maximum Gasteiger partial charge on any atom is 0.405 e. The number of carbonyl (C=O) groups is 3. The molecule has 0 radical (unpaired) electrons. The minimum atomic E-state index is -1.39. The van der Waals surface area contributed by atoms with Gasteiger partial charge in [-0.3, -0.25) is 9.59 Å². The Balaban J connectivity index is 1.29. The number of hydrogen-bond donors (Lipinski definition) is 2. The fourth-order valence-corrected chi connectivity index (χ4v) is 6.20. The largest absolute Gasteiger partial charge is 0.489 e. The third kappa shape index (κ3) is 5.89. The molecule has 5 rings (SSSR count). The Kier molecular flexibility index (Phi) is 8.08. The molecule has 0 spiro atoms. The molecule has 2 fully saturated rings. The first-order valence-corrected chi connectivity index (χ1v) is 14.5. The summed E-state index contributed by atoms with van der Waals surface area (Å²) in [5.74, 6) is 0.498. The molecule has 2 aromatic rings. The number of nitrogens with one attached hydrogen (secondary N) is 1. The molecule has 3 aliphatic rings. The van der Waals surface area contributed by atoms with Gasteiger partial charge < -0.3 is 34.8 Å². The van der Waals surface area contributed by atoms with Gasteiger partial charge in [-0.2, -0.15) is 0 Å². The van der Waals surface area contributed by atoms with Gasteiger partial charge in [-0.05, 0) is 41.5 Å². The molecular weight excluding hydrogens is 534 g/mol. The molecule has 0 aliphatic carbocycles. The highest BCUT2D eigenvalue weighted by Gasteiger charge is 2.52. The summed E-state index contributed by atoms with van der Waals surface area (Å²) in [7, 11) is 1.95. The quantitative estimate of drug-likeness (QED) is 0.495. The van der Waals surface area contributed by atoms with Crippen molar-refractivity contribution in [3.05, 3.63) is 77.6 Å². The Hall–Kier alpha value is -4.21. The van der Waals surface area contributed by atoms with E-state index in [0.29, 0.717) is 51.6 Å². The lowest BCUT2D eigenvalue weighted by molar-refractivity contribution is -0.145. The molecule has 224 valence electrons. The van der Waals surface area contributed by atoms with Gasteiger partial charge in [-0.15, -0.1) is 0 Å². The van der Waals surface area contributed by atoms with E-state index in [9.17, 15) is 19.5 Å². The van der Waals surface area contributed by atoms with Gasteiger partial charge in [0.2, 0.25) is 5.91 Å². The lowest BCUT2D eigenvalue weighted by Crippen LogP contribution is -2.68. The van der Waals surface area contributed by atoms with Gasteiger partial charge in [0.25, 0.3) is 5.91 Å². The van der Waals surface area contributed by atoms with Crippen molar-refractivity contribution in [2.45, 2.75) is 58.2 Å². The molecule has 2 saturated heterocycles. The van der Waals surface area contributed by atoms with Crippen molar-refractivity contribution in [2.24, 2.45) is 5.41 Å². The topological polar surface area (TPSA) is 106 Å². The predicted octanol–water partition coefficient (Wildman–Crippen LogP) is 3.70. The van der Waals surface area contributed by atoms with E-state index >= 15 is 0 Å². The Morgan fingerprint density at radius 3 is 2.24 bits per heavy atom. The summed E-state index contributed by atoms with van der Waals surface area (Å²) >= 11 is 0. The first-order chi connectivity index (χ1) is 20.0. The molecule has 0 aromatic heterocycles. The van der Waals surface area contributed by atoms with Crippen LogP contribution in [0.15, 0.2) is 66.5 Å². The summed E-state index contributed by atoms with van der Waals surface area (Å²) in [6, 6.07) is 17.4. The Bertz CT molecular complexity index is 1330. The summed E-state index contributed by atoms with van der Waals surface area (Å²) in [4.78, 5) is 47.2. The van der Waals surface area contributed by atoms with Crippen LogP contribution in [0.4, 0.5) is 4.79 Å². The Morgan fingerprint density at radius 2 is 1.64 bits per heavy atom. The molecule has 0 saturated carbocycles. The Morgan fingerprint density at radius 1 is 0.976 bits per heavy atom. The molecule has 3 amide bonds. The molecule has 10 nitrogen and oxygen atoms in total. The molecule has 3 aliphatic heterocycles. The molecule has 3 heterocycles. The van der Waals surface area contributed by atoms with Crippen molar-refractivity contribution in [1.29, 1.82) is 0 Å². The van der Waals surface area contributed by atoms with Crippen molar-refractivity contribution >= 4 is 17.9 Å². The van der Waals surface area contributed by atoms with Crippen molar-refractivity contribution in [3.8, 4) is 5.75 Å². The van der Waals surface area contributed by atoms with E-state index in [1.165, 1.54) is 0 Å². The van der Waals surface area contributed by atoms with E-state index in [4.69, 9.17) is 4.74 Å². The molecule has 2 N–H and O–H groups in total. The van der Waals surface area contributed by atoms with E-state index < -0.39 is 17.0 Å². The van der Waals surface area contributed by atoms with Crippen molar-refractivity contribution in [3.63, 3.8) is 0 Å². The molecule has 42 heavy (non-hydrogen) atoms. The SMILES string of the molecule is CN1C=C2C(=O)N(C3CCN(C(=O)[C@](Cc4ccc(OCc5ccccc5)cc4)(NC(=O)O)C(C)(C)C)CC3)CN2C1. The van der Waals surface area contributed by atoms with Crippen LogP contribution in [0.25, 0.3) is 0 Å². The third-order valence-corrected chi connectivity index (χ3v) is 8.68. The highest BCUT2D eigenvalue weighted by atomic mass is 16.5. The van der Waals surface area contributed by atoms with Gasteiger partial charge in [0, 0.05) is 38.8 Å². The van der Waals surface area contributed by atoms with Crippen molar-refractivity contribution in [2.75, 3.05) is 33.5 Å². The second-order valence-corrected chi connectivity index (χ2v) is 12.6. The summed E-state index contributed by atoms with van der Waals surface area (Å²) in [6.45, 7) is 8.30. The zero-order valence-electron chi connectivity index (χ0n) is 24.9. The highest BCUT2D eigenvalue weighted by molar-refractivity contribution is 5.95. The molecule has 0 unspecified atom stereocenters. The van der Waals surface area contributed by atoms with Crippen LogP contribution in [0.1, 0.15) is 44.7 Å². The van der Waals surface area contributed by atoms with Crippen LogP contribution >= 0.6 is 0 Å². The summed E-state index contributed by atoms with van der Waals surface area (Å²) in [6.07, 6.45) is 2.14. The highest BCUT2D eigenvalue weighted by Crippen LogP contribution is 2.37. The lowest BCUT2D eigenvalue weighted by atomic mass is 9.69. The van der Waals surface area contributed by atoms with Gasteiger partial charge in [-0.25, -0.2) is 4.79 Å². The molecule has 10 heteroatoms. The third-order valence-electron chi connectivity index (χ3n) is 8.68. The minimum absolute atomic E-state index is 0.0388. The number of carbonyl (C=O) groups excluding carboxylic acids is 2. The number of amides is 3. The van der Waals surface area contributed by atoms with Crippen LogP contribution in [0.3, 0.4) is 0 Å². The second kappa shape index (κ2) is 11.6. The molecule has 0 bridgehead atoms. The number of nitrogens with zero attached hydrogens (tertiary/aromatic N) is 4. The maximum atomic E-state index is 14.3. The number of likely N-dealkylation sites (tertiary alicyclic amines) is 1. The van der Waals surface area contributed by atoms with Crippen LogP contribution < -0.4 is 10.1 Å². The number of benzene rings is 2. The van der Waals surface area contributed by atoms with E-state index in [2.05, 4.69) is 10.2 Å². The average molecular weight is 576 g/mol. The number of hydrogen-bond acceptors (Lipinski definition) is 6. The number of ether oxygens (including phenoxy) is 1. The van der Waals surface area contributed by atoms with E-state index in [0.717, 1.165) is 16.8 Å². The minimum Gasteiger partial charge on any atom is -0.489 e. The van der Waals surface area contributed by atoms with Crippen LogP contribution in [0.2, 0.25) is 0 Å². The van der Waals surface area contributed by atoms with E-state index in [-0.39, 0.29) is 24.3 Å². The molecule has 2 aromatic carbocycles. The predicted molar refractivity (Wildman–Crippen MR) is 158 cm³/mol. The lowest BCUT2D eigenvalue weighted by Gasteiger charge is -2.47. The van der Waals surface area contributed by atoms with Crippen LogP contribution in [-0.2, 0) is 22.6 Å². The summed E-state index contributed by atoms with van der Waals surface area (Å²) in [5, 5.41) is 12.6. The van der Waals surface area contributed by atoms with Crippen molar-refractivity contribution < 1.29 is 24.2 Å². The maximum absolute atomic E-state index is 14.3. The van der Waals surface area contributed by atoms with Gasteiger partial charge in [0.1, 0.15) is 23.6 Å². The zero-order chi connectivity index (χ0) is 30.1. The van der Waals surface area contributed by atoms with E-state index in [1.54, 1.807) is 4.90 Å². The van der Waals surface area contributed by atoms with Gasteiger partial charge in [0.15, 0.2) is 0 Å². The number of rotatable bonds is 8. The molecule has 1 atom stereocenters. The van der Waals surface area contributed by atoms with E-state index in [1.807, 2.05) is 98.4 Å². The average Bonchev–Trinajstić information content (AvgIpc) is 3.48. The van der Waals surface area contributed by atoms with Crippen LogP contribution in [-0.4, -0.2) is 87.7 Å². The van der Waals surface area contributed by atoms with Crippen molar-refractivity contribution in [1.82, 2.24) is 24.9 Å². The number of piperidine rings is 1. The fourth-order valence-electron chi connectivity index (χ4n) is 6.20. The normalized spacial score (nSPS) is 19.0. The fraction of sp³-hybridized carbons (Fsp3) is 0.469. The number of carboxylic acid groups (broad SMARTS) is 1. The summed E-state index contributed by atoms with van der Waals surface area (Å²) in [5.41, 5.74) is 0.503. The smallest absolute Gasteiger partial charge is 0.405 e. The first kappa shape index (κ1) is 29.3. The van der Waals surface area contributed by atoms with Gasteiger partial charge >= 0.3 is 6.09 Å². The van der Waals surface area contributed by atoms with Crippen LogP contribution in [0, 0.1) is 5.41 Å². The standard InChI is InChI=1S/C32H41N5O5/c1-31(2,3)32(33-30(40)41,18-23-10-12-26(13-11-23)42-20-24-8-6-5-7-9-24)29(39)35-16-14-25(15-17-35)37-22-36-21-34(4)19-27(36)28(37)38/h5-13,19,25,33H,14-18,20-22H2,1-4H3,(H,40,41)/t32-/m0/s1. The monoisotopic (exact) mass is 575 g/mol. The Labute approximate surface area is 247 Å². The van der Waals surface area contributed by atoms with Gasteiger partial charge in [-0.1, -0.05) is 63.2 Å². The second-order valence-electron chi connectivity index (χ2n) is 12.6. The zero-order valence-corrected chi connectivity index (χ0v) is 24.9. The van der Waals surface area contributed by atoms with Gasteiger partial charge in [0.05, 0.1) is 13.3 Å². The van der Waals surface area contributed by atoms with Crippen LogP contribution in [0.5, 0.6) is 5.75 Å². The first-order valence-electron chi connectivity index (χ1n) is 14.5. The molecular formula is C32H41N5O5.